The van der Waals surface area contributed by atoms with Gasteiger partial charge < -0.3 is 4.90 Å². The third-order valence-electron chi connectivity index (χ3n) is 4.18. The summed E-state index contributed by atoms with van der Waals surface area (Å²) in [6.07, 6.45) is 9.51. The monoisotopic (exact) mass is 243 g/mol. The maximum absolute atomic E-state index is 4.63. The van der Waals surface area contributed by atoms with Crippen LogP contribution in [0, 0.1) is 5.41 Å². The molecule has 0 radical (unpaired) electrons. The second-order valence-electron chi connectivity index (χ2n) is 5.66. The van der Waals surface area contributed by atoms with Crippen LogP contribution in [0.15, 0.2) is 0 Å². The van der Waals surface area contributed by atoms with Crippen LogP contribution in [0.2, 0.25) is 0 Å². The first-order valence-electron chi connectivity index (χ1n) is 6.98. The van der Waals surface area contributed by atoms with Crippen molar-refractivity contribution >= 4 is 12.6 Å². The van der Waals surface area contributed by atoms with Gasteiger partial charge in [0.05, 0.1) is 0 Å². The molecule has 0 unspecified atom stereocenters. The van der Waals surface area contributed by atoms with E-state index in [1.54, 1.807) is 0 Å². The molecular formula is C14H29NS. The lowest BCUT2D eigenvalue weighted by molar-refractivity contribution is 0.0926. The molecule has 0 bridgehead atoms. The highest BCUT2D eigenvalue weighted by molar-refractivity contribution is 7.80. The van der Waals surface area contributed by atoms with Crippen LogP contribution in [0.5, 0.6) is 0 Å². The second-order valence-corrected chi connectivity index (χ2v) is 5.97. The van der Waals surface area contributed by atoms with E-state index in [2.05, 4.69) is 38.4 Å². The van der Waals surface area contributed by atoms with Crippen molar-refractivity contribution in [2.45, 2.75) is 64.8 Å². The maximum atomic E-state index is 4.63. The summed E-state index contributed by atoms with van der Waals surface area (Å²) < 4.78 is 0. The topological polar surface area (TPSA) is 3.24 Å². The Kier molecular flexibility index (Phi) is 6.20. The normalized spacial score (nSPS) is 17.8. The first-order valence-corrected chi connectivity index (χ1v) is 7.62. The summed E-state index contributed by atoms with van der Waals surface area (Å²) >= 11 is 4.63. The molecule has 1 aliphatic rings. The Bertz CT molecular complexity index is 183. The van der Waals surface area contributed by atoms with Gasteiger partial charge in [-0.05, 0) is 43.9 Å². The highest BCUT2D eigenvalue weighted by Crippen LogP contribution is 2.34. The Hall–Kier alpha value is 0.310. The molecule has 0 spiro atoms. The fraction of sp³-hybridized carbons (Fsp3) is 1.00. The van der Waals surface area contributed by atoms with Crippen LogP contribution in [0.3, 0.4) is 0 Å². The summed E-state index contributed by atoms with van der Waals surface area (Å²) in [7, 11) is 2.31. The van der Waals surface area contributed by atoms with Gasteiger partial charge in [-0.2, -0.15) is 12.6 Å². The number of nitrogens with zero attached hydrogens (tertiary/aromatic N) is 1. The Morgan fingerprint density at radius 1 is 1.19 bits per heavy atom. The van der Waals surface area contributed by atoms with Crippen molar-refractivity contribution in [1.29, 1.82) is 0 Å². The minimum atomic E-state index is 0.469. The maximum Gasteiger partial charge on any atom is 0.00924 e. The molecule has 0 atom stereocenters. The average molecular weight is 243 g/mol. The van der Waals surface area contributed by atoms with Crippen LogP contribution in [-0.2, 0) is 0 Å². The zero-order valence-corrected chi connectivity index (χ0v) is 12.2. The highest BCUT2D eigenvalue weighted by Gasteiger charge is 2.32. The van der Waals surface area contributed by atoms with Gasteiger partial charge in [0.25, 0.3) is 0 Å². The number of rotatable bonds is 8. The van der Waals surface area contributed by atoms with Crippen molar-refractivity contribution in [2.24, 2.45) is 5.41 Å². The minimum Gasteiger partial charge on any atom is -0.303 e. The van der Waals surface area contributed by atoms with Gasteiger partial charge in [-0.3, -0.25) is 0 Å². The molecule has 0 aromatic rings. The van der Waals surface area contributed by atoms with Gasteiger partial charge in [0, 0.05) is 12.6 Å². The lowest BCUT2D eigenvalue weighted by atomic mass is 9.79. The van der Waals surface area contributed by atoms with Gasteiger partial charge in [0.1, 0.15) is 0 Å². The summed E-state index contributed by atoms with van der Waals surface area (Å²) in [5.41, 5.74) is 0.469. The third-order valence-corrected chi connectivity index (χ3v) is 4.85. The van der Waals surface area contributed by atoms with Gasteiger partial charge >= 0.3 is 0 Å². The summed E-state index contributed by atoms with van der Waals surface area (Å²) in [4.78, 5) is 2.60. The molecule has 1 aliphatic carbocycles. The van der Waals surface area contributed by atoms with E-state index in [1.807, 2.05) is 0 Å². The molecule has 0 saturated heterocycles. The largest absolute Gasteiger partial charge is 0.303 e. The molecule has 1 nitrogen and oxygen atoms in total. The van der Waals surface area contributed by atoms with Crippen molar-refractivity contribution < 1.29 is 0 Å². The molecule has 16 heavy (non-hydrogen) atoms. The molecule has 1 rings (SSSR count). The molecule has 96 valence electrons. The van der Waals surface area contributed by atoms with Crippen molar-refractivity contribution in [2.75, 3.05) is 19.3 Å². The first kappa shape index (κ1) is 14.4. The zero-order chi connectivity index (χ0) is 12.0. The molecule has 1 saturated carbocycles. The van der Waals surface area contributed by atoms with Crippen LogP contribution in [0.25, 0.3) is 0 Å². The number of hydrogen-bond donors (Lipinski definition) is 1. The summed E-state index contributed by atoms with van der Waals surface area (Å²) in [6, 6.07) is 0.868. The molecule has 0 aromatic carbocycles. The van der Waals surface area contributed by atoms with Gasteiger partial charge in [-0.1, -0.05) is 33.1 Å². The Morgan fingerprint density at radius 3 is 2.06 bits per heavy atom. The van der Waals surface area contributed by atoms with E-state index >= 15 is 0 Å². The number of hydrogen-bond acceptors (Lipinski definition) is 2. The third kappa shape index (κ3) is 3.66. The molecule has 0 aliphatic heterocycles. The molecular weight excluding hydrogens is 214 g/mol. The van der Waals surface area contributed by atoms with E-state index in [-0.39, 0.29) is 0 Å². The molecule has 0 N–H and O–H groups in total. The smallest absolute Gasteiger partial charge is 0.00924 e. The fourth-order valence-corrected chi connectivity index (χ4v) is 3.45. The first-order chi connectivity index (χ1) is 7.67. The van der Waals surface area contributed by atoms with Crippen LogP contribution in [0.1, 0.15) is 58.8 Å². The molecule has 0 amide bonds. The van der Waals surface area contributed by atoms with Crippen molar-refractivity contribution in [1.82, 2.24) is 4.90 Å². The standard InChI is InChI=1S/C14H29NS/c1-4-9-14(12-16,10-5-2)11-15(3)13-7-6-8-13/h13,16H,4-12H2,1-3H3. The van der Waals surface area contributed by atoms with E-state index in [0.29, 0.717) is 5.41 Å². The summed E-state index contributed by atoms with van der Waals surface area (Å²) in [5.74, 6) is 1.05. The van der Waals surface area contributed by atoms with Gasteiger partial charge in [-0.25, -0.2) is 0 Å². The molecule has 0 aromatic heterocycles. The molecule has 1 fully saturated rings. The fourth-order valence-electron chi connectivity index (χ4n) is 3.04. The van der Waals surface area contributed by atoms with Gasteiger partial charge in [0.15, 0.2) is 0 Å². The van der Waals surface area contributed by atoms with Gasteiger partial charge in [-0.15, -0.1) is 0 Å². The van der Waals surface area contributed by atoms with E-state index < -0.39 is 0 Å². The lowest BCUT2D eigenvalue weighted by Gasteiger charge is -2.42. The zero-order valence-electron chi connectivity index (χ0n) is 11.3. The van der Waals surface area contributed by atoms with E-state index in [1.165, 1.54) is 51.5 Å². The molecule has 2 heteroatoms. The lowest BCUT2D eigenvalue weighted by Crippen LogP contribution is -2.45. The Balaban J connectivity index is 2.52. The van der Waals surface area contributed by atoms with Crippen LogP contribution < -0.4 is 0 Å². The average Bonchev–Trinajstić information content (AvgIpc) is 2.15. The predicted molar refractivity (Wildman–Crippen MR) is 76.4 cm³/mol. The quantitative estimate of drug-likeness (QED) is 0.631. The summed E-state index contributed by atoms with van der Waals surface area (Å²) in [5, 5.41) is 0. The summed E-state index contributed by atoms with van der Waals surface area (Å²) in [6.45, 7) is 5.86. The second kappa shape index (κ2) is 6.90. The minimum absolute atomic E-state index is 0.469. The van der Waals surface area contributed by atoms with E-state index in [4.69, 9.17) is 0 Å². The number of thiol groups is 1. The molecule has 0 heterocycles. The Morgan fingerprint density at radius 2 is 1.75 bits per heavy atom. The van der Waals surface area contributed by atoms with E-state index in [9.17, 15) is 0 Å². The van der Waals surface area contributed by atoms with Gasteiger partial charge in [0.2, 0.25) is 0 Å². The van der Waals surface area contributed by atoms with Crippen molar-refractivity contribution in [3.8, 4) is 0 Å². The van der Waals surface area contributed by atoms with E-state index in [0.717, 1.165) is 11.8 Å². The highest BCUT2D eigenvalue weighted by atomic mass is 32.1. The SMILES string of the molecule is CCCC(CS)(CCC)CN(C)C1CCC1. The van der Waals surface area contributed by atoms with Crippen LogP contribution >= 0.6 is 12.6 Å². The van der Waals surface area contributed by atoms with Crippen LogP contribution in [-0.4, -0.2) is 30.3 Å². The van der Waals surface area contributed by atoms with Crippen molar-refractivity contribution in [3.63, 3.8) is 0 Å². The van der Waals surface area contributed by atoms with Crippen LogP contribution in [0.4, 0.5) is 0 Å². The predicted octanol–water partition coefficient (Wildman–Crippen LogP) is 3.99. The van der Waals surface area contributed by atoms with Crippen molar-refractivity contribution in [3.05, 3.63) is 0 Å². The Labute approximate surface area is 107 Å².